The molecule has 0 aromatic heterocycles. The van der Waals surface area contributed by atoms with Gasteiger partial charge in [0.25, 0.3) is 0 Å². The number of hydrogen-bond donors (Lipinski definition) is 2. The van der Waals surface area contributed by atoms with Gasteiger partial charge in [0.2, 0.25) is 0 Å². The number of hydrogen-bond acceptors (Lipinski definition) is 2. The van der Waals surface area contributed by atoms with Crippen molar-refractivity contribution in [3.8, 4) is 0 Å². The first-order valence-electron chi connectivity index (χ1n) is 22.6. The van der Waals surface area contributed by atoms with Gasteiger partial charge < -0.3 is 21.3 Å². The van der Waals surface area contributed by atoms with Gasteiger partial charge in [-0.25, -0.2) is 9.59 Å². The smallest absolute Gasteiger partial charge is 0.315 e. The van der Waals surface area contributed by atoms with E-state index in [-0.39, 0.29) is 12.1 Å². The standard InChI is InChI=1S/C46H86N4O2/c1-3-5-7-9-11-13-15-17-19-21-23-25-27-29-31-35-39-49(45(47)51)41-43-37-33-34-38-44(43)42-50(46(48)52)40-36-32-30-28-26-24-22-20-18-16-14-12-10-8-6-4-2/h33-34,37-38H,3-32,35-36,39-42H2,1-2H3,(H2,47,51)(H2,48,52). The van der Waals surface area contributed by atoms with E-state index < -0.39 is 0 Å². The van der Waals surface area contributed by atoms with Crippen molar-refractivity contribution in [1.82, 2.24) is 9.80 Å². The molecule has 0 fully saturated rings. The summed E-state index contributed by atoms with van der Waals surface area (Å²) >= 11 is 0. The molecule has 4 amide bonds. The lowest BCUT2D eigenvalue weighted by molar-refractivity contribution is 0.199. The summed E-state index contributed by atoms with van der Waals surface area (Å²) in [4.78, 5) is 28.3. The van der Waals surface area contributed by atoms with E-state index in [1.165, 1.54) is 180 Å². The van der Waals surface area contributed by atoms with Crippen molar-refractivity contribution in [3.63, 3.8) is 0 Å². The third kappa shape index (κ3) is 28.3. The molecule has 0 saturated heterocycles. The van der Waals surface area contributed by atoms with Crippen LogP contribution in [-0.4, -0.2) is 35.0 Å². The number of nitrogens with zero attached hydrogens (tertiary/aromatic N) is 2. The van der Waals surface area contributed by atoms with Crippen LogP contribution in [-0.2, 0) is 13.1 Å². The lowest BCUT2D eigenvalue weighted by Crippen LogP contribution is -2.38. The molecule has 4 N–H and O–H groups in total. The molecule has 0 bridgehead atoms. The van der Waals surface area contributed by atoms with E-state index in [4.69, 9.17) is 11.5 Å². The van der Waals surface area contributed by atoms with E-state index in [1.54, 1.807) is 9.80 Å². The topological polar surface area (TPSA) is 92.7 Å². The molecule has 52 heavy (non-hydrogen) atoms. The molecule has 0 spiro atoms. The highest BCUT2D eigenvalue weighted by Crippen LogP contribution is 2.18. The summed E-state index contributed by atoms with van der Waals surface area (Å²) in [6, 6.07) is 7.33. The zero-order valence-corrected chi connectivity index (χ0v) is 34.6. The number of urea groups is 2. The molecule has 302 valence electrons. The van der Waals surface area contributed by atoms with Crippen LogP contribution in [0.1, 0.15) is 230 Å². The van der Waals surface area contributed by atoms with Gasteiger partial charge in [0.05, 0.1) is 0 Å². The Morgan fingerprint density at radius 2 is 0.596 bits per heavy atom. The van der Waals surface area contributed by atoms with Gasteiger partial charge in [0.15, 0.2) is 0 Å². The van der Waals surface area contributed by atoms with Crippen molar-refractivity contribution < 1.29 is 9.59 Å². The summed E-state index contributed by atoms with van der Waals surface area (Å²) in [7, 11) is 0. The number of unbranched alkanes of at least 4 members (excludes halogenated alkanes) is 30. The van der Waals surface area contributed by atoms with Gasteiger partial charge in [-0.1, -0.05) is 231 Å². The second-order valence-electron chi connectivity index (χ2n) is 15.9. The number of amides is 4. The van der Waals surface area contributed by atoms with E-state index in [9.17, 15) is 9.59 Å². The van der Waals surface area contributed by atoms with Crippen LogP contribution in [0, 0.1) is 0 Å². The van der Waals surface area contributed by atoms with Crippen LogP contribution in [0.5, 0.6) is 0 Å². The fraction of sp³-hybridized carbons (Fsp3) is 0.826. The summed E-state index contributed by atoms with van der Waals surface area (Å²) < 4.78 is 0. The SMILES string of the molecule is CCCCCCCCCCCCCCCCCCN(Cc1ccccc1CN(CCCCCCCCCCCCCCCCCC)C(N)=O)C(N)=O. The number of carbonyl (C=O) groups excluding carboxylic acids is 2. The highest BCUT2D eigenvalue weighted by atomic mass is 16.2. The normalized spacial score (nSPS) is 11.3. The molecule has 0 unspecified atom stereocenters. The molecule has 0 aliphatic rings. The van der Waals surface area contributed by atoms with Gasteiger partial charge in [-0.2, -0.15) is 0 Å². The minimum atomic E-state index is -0.379. The van der Waals surface area contributed by atoms with Gasteiger partial charge in [0.1, 0.15) is 0 Å². The zero-order chi connectivity index (χ0) is 37.7. The Kier molecular flexibility index (Phi) is 32.9. The molecular formula is C46H86N4O2. The van der Waals surface area contributed by atoms with Crippen LogP contribution in [0.15, 0.2) is 24.3 Å². The predicted molar refractivity (Wildman–Crippen MR) is 226 cm³/mol. The first-order valence-corrected chi connectivity index (χ1v) is 22.6. The molecule has 6 heteroatoms. The quantitative estimate of drug-likeness (QED) is 0.0664. The predicted octanol–water partition coefficient (Wildman–Crippen LogP) is 14.0. The Hall–Kier alpha value is -2.24. The van der Waals surface area contributed by atoms with Crippen LogP contribution < -0.4 is 11.5 Å². The summed E-state index contributed by atoms with van der Waals surface area (Å²) in [5, 5.41) is 0. The van der Waals surface area contributed by atoms with Gasteiger partial charge in [-0.05, 0) is 24.0 Å². The number of primary amides is 2. The second-order valence-corrected chi connectivity index (χ2v) is 15.9. The van der Waals surface area contributed by atoms with Gasteiger partial charge in [0, 0.05) is 26.2 Å². The summed E-state index contributed by atoms with van der Waals surface area (Å²) in [6.07, 6.45) is 42.5. The Morgan fingerprint density at radius 1 is 0.385 bits per heavy atom. The molecule has 6 nitrogen and oxygen atoms in total. The van der Waals surface area contributed by atoms with Crippen LogP contribution in [0.4, 0.5) is 9.59 Å². The largest absolute Gasteiger partial charge is 0.351 e. The fourth-order valence-electron chi connectivity index (χ4n) is 7.51. The van der Waals surface area contributed by atoms with Crippen LogP contribution >= 0.6 is 0 Å². The molecule has 0 radical (unpaired) electrons. The molecule has 0 saturated carbocycles. The highest BCUT2D eigenvalue weighted by Gasteiger charge is 2.16. The number of rotatable bonds is 38. The molecule has 1 aromatic rings. The van der Waals surface area contributed by atoms with Crippen LogP contribution in [0.2, 0.25) is 0 Å². The van der Waals surface area contributed by atoms with Crippen molar-refractivity contribution >= 4 is 12.1 Å². The van der Waals surface area contributed by atoms with Crippen molar-refractivity contribution in [1.29, 1.82) is 0 Å². The summed E-state index contributed by atoms with van der Waals surface area (Å²) in [5.74, 6) is 0. The summed E-state index contributed by atoms with van der Waals surface area (Å²) in [5.41, 5.74) is 13.7. The first-order chi connectivity index (χ1) is 25.5. The fourth-order valence-corrected chi connectivity index (χ4v) is 7.51. The van der Waals surface area contributed by atoms with Gasteiger partial charge in [-0.3, -0.25) is 0 Å². The summed E-state index contributed by atoms with van der Waals surface area (Å²) in [6.45, 7) is 6.84. The van der Waals surface area contributed by atoms with Crippen molar-refractivity contribution in [2.45, 2.75) is 232 Å². The van der Waals surface area contributed by atoms with E-state index in [2.05, 4.69) is 13.8 Å². The van der Waals surface area contributed by atoms with E-state index in [1.807, 2.05) is 24.3 Å². The minimum absolute atomic E-state index is 0.379. The average molecular weight is 727 g/mol. The lowest BCUT2D eigenvalue weighted by atomic mass is 10.0. The molecule has 0 atom stereocenters. The second kappa shape index (κ2) is 35.8. The molecule has 0 heterocycles. The Labute approximate surface area is 323 Å². The molecule has 0 aliphatic heterocycles. The Bertz CT molecular complexity index is 879. The number of benzene rings is 1. The monoisotopic (exact) mass is 727 g/mol. The Morgan fingerprint density at radius 3 is 0.808 bits per heavy atom. The maximum absolute atomic E-state index is 12.4. The average Bonchev–Trinajstić information content (AvgIpc) is 3.13. The molecule has 1 aromatic carbocycles. The van der Waals surface area contributed by atoms with E-state index in [0.29, 0.717) is 26.2 Å². The maximum atomic E-state index is 12.4. The number of carbonyl (C=O) groups is 2. The van der Waals surface area contributed by atoms with E-state index >= 15 is 0 Å². The zero-order valence-electron chi connectivity index (χ0n) is 34.6. The third-order valence-electron chi connectivity index (χ3n) is 11.0. The first kappa shape index (κ1) is 47.8. The Balaban J connectivity index is 2.21. The lowest BCUT2D eigenvalue weighted by Gasteiger charge is -2.25. The molecule has 1 rings (SSSR count). The third-order valence-corrected chi connectivity index (χ3v) is 11.0. The van der Waals surface area contributed by atoms with Gasteiger partial charge >= 0.3 is 12.1 Å². The highest BCUT2D eigenvalue weighted by molar-refractivity contribution is 5.72. The van der Waals surface area contributed by atoms with Crippen LogP contribution in [0.25, 0.3) is 0 Å². The minimum Gasteiger partial charge on any atom is -0.351 e. The molecule has 0 aliphatic carbocycles. The van der Waals surface area contributed by atoms with E-state index in [0.717, 1.165) is 36.8 Å². The van der Waals surface area contributed by atoms with Crippen molar-refractivity contribution in [3.05, 3.63) is 35.4 Å². The number of nitrogens with two attached hydrogens (primary N) is 2. The molecular weight excluding hydrogens is 641 g/mol. The van der Waals surface area contributed by atoms with Crippen molar-refractivity contribution in [2.75, 3.05) is 13.1 Å². The van der Waals surface area contributed by atoms with Crippen LogP contribution in [0.3, 0.4) is 0 Å². The maximum Gasteiger partial charge on any atom is 0.315 e. The van der Waals surface area contributed by atoms with Gasteiger partial charge in [-0.15, -0.1) is 0 Å². The van der Waals surface area contributed by atoms with Crippen molar-refractivity contribution in [2.24, 2.45) is 11.5 Å².